The van der Waals surface area contributed by atoms with Gasteiger partial charge in [0.1, 0.15) is 0 Å². The second-order valence-corrected chi connectivity index (χ2v) is 6.62. The van der Waals surface area contributed by atoms with Gasteiger partial charge in [0.25, 0.3) is 0 Å². The molecule has 1 unspecified atom stereocenters. The maximum absolute atomic E-state index is 12.6. The Bertz CT molecular complexity index is 690. The molecule has 1 amide bonds. The normalized spacial score (nSPS) is 16.8. The van der Waals surface area contributed by atoms with Crippen molar-refractivity contribution < 1.29 is 4.79 Å². The summed E-state index contributed by atoms with van der Waals surface area (Å²) in [5, 5.41) is 6.84. The molecule has 2 aromatic rings. The Kier molecular flexibility index (Phi) is 4.35. The van der Waals surface area contributed by atoms with Crippen molar-refractivity contribution in [3.05, 3.63) is 56.6 Å². The maximum atomic E-state index is 12.6. The van der Waals surface area contributed by atoms with Gasteiger partial charge in [-0.3, -0.25) is 4.79 Å². The number of nitrogens with one attached hydrogen (secondary N) is 2. The average molecular weight is 413 g/mol. The van der Waals surface area contributed by atoms with Crippen LogP contribution in [0.2, 0.25) is 5.02 Å². The Hall–Kier alpha value is -1.27. The fourth-order valence-electron chi connectivity index (χ4n) is 2.55. The number of hydrogen-bond acceptors (Lipinski definition) is 2. The van der Waals surface area contributed by atoms with Crippen molar-refractivity contribution in [2.45, 2.75) is 12.3 Å². The van der Waals surface area contributed by atoms with Crippen molar-refractivity contribution in [3.63, 3.8) is 0 Å². The molecule has 1 aliphatic heterocycles. The SMILES string of the molecule is O=C(Nc1ccc(I)cc1Cl)C1CCNc2ccccc21. The summed E-state index contributed by atoms with van der Waals surface area (Å²) in [7, 11) is 0. The maximum Gasteiger partial charge on any atom is 0.232 e. The van der Waals surface area contributed by atoms with Crippen molar-refractivity contribution in [2.24, 2.45) is 0 Å². The molecule has 0 saturated heterocycles. The number of hydrogen-bond donors (Lipinski definition) is 2. The third-order valence-electron chi connectivity index (χ3n) is 3.59. The number of fused-ring (bicyclic) bond motifs is 1. The molecule has 108 valence electrons. The predicted molar refractivity (Wildman–Crippen MR) is 95.1 cm³/mol. The zero-order chi connectivity index (χ0) is 14.8. The van der Waals surface area contributed by atoms with Crippen LogP contribution in [0.5, 0.6) is 0 Å². The van der Waals surface area contributed by atoms with Gasteiger partial charge in [-0.25, -0.2) is 0 Å². The van der Waals surface area contributed by atoms with Gasteiger partial charge in [0.05, 0.1) is 16.6 Å². The Labute approximate surface area is 142 Å². The van der Waals surface area contributed by atoms with Crippen molar-refractivity contribution in [3.8, 4) is 0 Å². The summed E-state index contributed by atoms with van der Waals surface area (Å²) in [5.41, 5.74) is 2.75. The highest BCUT2D eigenvalue weighted by Crippen LogP contribution is 2.33. The van der Waals surface area contributed by atoms with Crippen molar-refractivity contribution in [2.75, 3.05) is 17.2 Å². The lowest BCUT2D eigenvalue weighted by molar-refractivity contribution is -0.117. The number of carbonyl (C=O) groups is 1. The molecule has 2 aromatic carbocycles. The molecule has 2 N–H and O–H groups in total. The van der Waals surface area contributed by atoms with E-state index in [4.69, 9.17) is 11.6 Å². The van der Waals surface area contributed by atoms with Gasteiger partial charge < -0.3 is 10.6 Å². The first kappa shape index (κ1) is 14.7. The Morgan fingerprint density at radius 2 is 2.10 bits per heavy atom. The minimum Gasteiger partial charge on any atom is -0.385 e. The minimum absolute atomic E-state index is 0.00735. The van der Waals surface area contributed by atoms with Gasteiger partial charge in [0.15, 0.2) is 0 Å². The summed E-state index contributed by atoms with van der Waals surface area (Å²) in [5.74, 6) is -0.148. The standard InChI is InChI=1S/C16H14ClIN2O/c17-13-9-10(18)5-6-15(13)20-16(21)12-7-8-19-14-4-2-1-3-11(12)14/h1-6,9,12,19H,7-8H2,(H,20,21). The van der Waals surface area contributed by atoms with Crippen LogP contribution in [-0.2, 0) is 4.79 Å². The lowest BCUT2D eigenvalue weighted by Gasteiger charge is -2.26. The number of halogens is 2. The summed E-state index contributed by atoms with van der Waals surface area (Å²) in [4.78, 5) is 12.6. The molecule has 0 bridgehead atoms. The second-order valence-electron chi connectivity index (χ2n) is 4.97. The topological polar surface area (TPSA) is 41.1 Å². The number of carbonyl (C=O) groups excluding carboxylic acids is 1. The first-order valence-electron chi connectivity index (χ1n) is 6.74. The van der Waals surface area contributed by atoms with E-state index in [1.54, 1.807) is 0 Å². The molecule has 0 radical (unpaired) electrons. The fourth-order valence-corrected chi connectivity index (χ4v) is 3.45. The van der Waals surface area contributed by atoms with E-state index in [1.165, 1.54) is 0 Å². The van der Waals surface area contributed by atoms with E-state index in [0.29, 0.717) is 10.7 Å². The molecule has 5 heteroatoms. The molecule has 0 fully saturated rings. The van der Waals surface area contributed by atoms with Crippen molar-refractivity contribution in [1.82, 2.24) is 0 Å². The van der Waals surface area contributed by atoms with E-state index in [9.17, 15) is 4.79 Å². The second kappa shape index (κ2) is 6.23. The highest BCUT2D eigenvalue weighted by Gasteiger charge is 2.26. The summed E-state index contributed by atoms with van der Waals surface area (Å²) in [6, 6.07) is 13.6. The first-order valence-corrected chi connectivity index (χ1v) is 8.19. The van der Waals surface area contributed by atoms with Crippen LogP contribution in [0.1, 0.15) is 17.9 Å². The largest absolute Gasteiger partial charge is 0.385 e. The molecule has 3 nitrogen and oxygen atoms in total. The van der Waals surface area contributed by atoms with E-state index in [-0.39, 0.29) is 11.8 Å². The zero-order valence-corrected chi connectivity index (χ0v) is 14.1. The van der Waals surface area contributed by atoms with Gasteiger partial charge in [-0.15, -0.1) is 0 Å². The highest BCUT2D eigenvalue weighted by atomic mass is 127. The molecular formula is C16H14ClIN2O. The van der Waals surface area contributed by atoms with E-state index < -0.39 is 0 Å². The number of benzene rings is 2. The van der Waals surface area contributed by atoms with Crippen LogP contribution in [0.25, 0.3) is 0 Å². The van der Waals surface area contributed by atoms with Gasteiger partial charge in [-0.2, -0.15) is 0 Å². The minimum atomic E-state index is -0.141. The Balaban J connectivity index is 1.83. The molecule has 1 heterocycles. The van der Waals surface area contributed by atoms with Crippen molar-refractivity contribution >= 4 is 51.5 Å². The Morgan fingerprint density at radius 3 is 2.90 bits per heavy atom. The molecule has 3 rings (SSSR count). The predicted octanol–water partition coefficient (Wildman–Crippen LogP) is 4.48. The van der Waals surface area contributed by atoms with Crippen LogP contribution in [-0.4, -0.2) is 12.5 Å². The molecule has 1 aliphatic rings. The first-order chi connectivity index (χ1) is 10.1. The molecular weight excluding hydrogens is 399 g/mol. The fraction of sp³-hybridized carbons (Fsp3) is 0.188. The number of amides is 1. The van der Waals surface area contributed by atoms with Crippen molar-refractivity contribution in [1.29, 1.82) is 0 Å². The van der Waals surface area contributed by atoms with Crippen LogP contribution < -0.4 is 10.6 Å². The van der Waals surface area contributed by atoms with E-state index in [0.717, 1.165) is 27.8 Å². The third-order valence-corrected chi connectivity index (χ3v) is 4.57. The zero-order valence-electron chi connectivity index (χ0n) is 11.2. The molecule has 0 saturated carbocycles. The summed E-state index contributed by atoms with van der Waals surface area (Å²) in [6.07, 6.45) is 0.783. The number of para-hydroxylation sites is 1. The van der Waals surface area contributed by atoms with Crippen LogP contribution >= 0.6 is 34.2 Å². The van der Waals surface area contributed by atoms with Gasteiger partial charge in [0, 0.05) is 15.8 Å². The average Bonchev–Trinajstić information content (AvgIpc) is 2.49. The van der Waals surface area contributed by atoms with E-state index in [1.807, 2.05) is 42.5 Å². The van der Waals surface area contributed by atoms with Crippen LogP contribution in [0.4, 0.5) is 11.4 Å². The summed E-state index contributed by atoms with van der Waals surface area (Å²) < 4.78 is 1.04. The summed E-state index contributed by atoms with van der Waals surface area (Å²) >= 11 is 8.37. The molecule has 21 heavy (non-hydrogen) atoms. The lowest BCUT2D eigenvalue weighted by atomic mass is 9.90. The number of rotatable bonds is 2. The third kappa shape index (κ3) is 3.16. The van der Waals surface area contributed by atoms with Gasteiger partial charge >= 0.3 is 0 Å². The Morgan fingerprint density at radius 1 is 1.29 bits per heavy atom. The number of anilines is 2. The summed E-state index contributed by atoms with van der Waals surface area (Å²) in [6.45, 7) is 0.801. The van der Waals surface area contributed by atoms with E-state index >= 15 is 0 Å². The quantitative estimate of drug-likeness (QED) is 0.714. The molecule has 0 aliphatic carbocycles. The van der Waals surface area contributed by atoms with E-state index in [2.05, 4.69) is 33.2 Å². The lowest BCUT2D eigenvalue weighted by Crippen LogP contribution is -2.27. The van der Waals surface area contributed by atoms with Gasteiger partial charge in [-0.05, 0) is 58.8 Å². The van der Waals surface area contributed by atoms with Crippen LogP contribution in [0.15, 0.2) is 42.5 Å². The van der Waals surface area contributed by atoms with Crippen LogP contribution in [0, 0.1) is 3.57 Å². The monoisotopic (exact) mass is 412 g/mol. The highest BCUT2D eigenvalue weighted by molar-refractivity contribution is 14.1. The molecule has 1 atom stereocenters. The van der Waals surface area contributed by atoms with Crippen LogP contribution in [0.3, 0.4) is 0 Å². The smallest absolute Gasteiger partial charge is 0.232 e. The van der Waals surface area contributed by atoms with Gasteiger partial charge in [0.2, 0.25) is 5.91 Å². The molecule has 0 aromatic heterocycles. The van der Waals surface area contributed by atoms with Gasteiger partial charge in [-0.1, -0.05) is 29.8 Å². The molecule has 0 spiro atoms.